The molecule has 84 valence electrons. The van der Waals surface area contributed by atoms with Gasteiger partial charge in [0.2, 0.25) is 0 Å². The van der Waals surface area contributed by atoms with Crippen molar-refractivity contribution < 1.29 is 0 Å². The normalized spacial score (nSPS) is 15.8. The van der Waals surface area contributed by atoms with E-state index in [0.717, 1.165) is 22.9 Å². The quantitative estimate of drug-likeness (QED) is 0.746. The average Bonchev–Trinajstić information content (AvgIpc) is 2.68. The SMILES string of the molecule is CN1/C(=C/c2ccccc2)[N-]c2ncncc21. The average molecular weight is 223 g/mol. The molecule has 17 heavy (non-hydrogen) atoms. The van der Waals surface area contributed by atoms with E-state index in [9.17, 15) is 0 Å². The van der Waals surface area contributed by atoms with E-state index in [2.05, 4.69) is 15.3 Å². The van der Waals surface area contributed by atoms with Crippen LogP contribution in [0, 0.1) is 0 Å². The Morgan fingerprint density at radius 3 is 2.82 bits per heavy atom. The zero-order valence-electron chi connectivity index (χ0n) is 9.41. The van der Waals surface area contributed by atoms with E-state index in [0.29, 0.717) is 0 Å². The van der Waals surface area contributed by atoms with Crippen molar-refractivity contribution in [1.29, 1.82) is 0 Å². The van der Waals surface area contributed by atoms with E-state index in [1.807, 2.05) is 48.4 Å². The van der Waals surface area contributed by atoms with Gasteiger partial charge in [0.25, 0.3) is 0 Å². The van der Waals surface area contributed by atoms with Crippen LogP contribution < -0.4 is 4.90 Å². The minimum absolute atomic E-state index is 0.727. The van der Waals surface area contributed by atoms with E-state index in [4.69, 9.17) is 0 Å². The standard InChI is InChI=1S/C13H11N4/c1-17-11-8-14-9-15-13(11)16-12(17)7-10-5-3-2-4-6-10/h2-9H,1H3/q-1/b12-7+. The number of aromatic nitrogens is 2. The highest BCUT2D eigenvalue weighted by atomic mass is 15.3. The fourth-order valence-electron chi connectivity index (χ4n) is 1.77. The monoisotopic (exact) mass is 223 g/mol. The third-order valence-electron chi connectivity index (χ3n) is 2.69. The fraction of sp³-hybridized carbons (Fsp3) is 0.0769. The topological polar surface area (TPSA) is 43.1 Å². The number of hydrogen-bond donors (Lipinski definition) is 0. The molecule has 0 bridgehead atoms. The molecule has 0 amide bonds. The van der Waals surface area contributed by atoms with E-state index in [1.165, 1.54) is 6.33 Å². The van der Waals surface area contributed by atoms with Crippen molar-refractivity contribution in [3.8, 4) is 0 Å². The lowest BCUT2D eigenvalue weighted by atomic mass is 10.2. The second kappa shape index (κ2) is 3.90. The molecule has 4 nitrogen and oxygen atoms in total. The molecule has 0 fully saturated rings. The van der Waals surface area contributed by atoms with Crippen LogP contribution in [0.25, 0.3) is 11.4 Å². The molecule has 2 aromatic rings. The summed E-state index contributed by atoms with van der Waals surface area (Å²) in [4.78, 5) is 10.1. The molecule has 0 radical (unpaired) electrons. The zero-order chi connectivity index (χ0) is 11.7. The Morgan fingerprint density at radius 1 is 1.24 bits per heavy atom. The number of anilines is 1. The Kier molecular flexibility index (Phi) is 2.26. The minimum atomic E-state index is 0.727. The van der Waals surface area contributed by atoms with Crippen LogP contribution >= 0.6 is 0 Å². The maximum absolute atomic E-state index is 4.46. The molecule has 0 aliphatic carbocycles. The molecule has 1 aromatic carbocycles. The molecule has 1 aliphatic heterocycles. The molecular formula is C13H11N4-. The van der Waals surface area contributed by atoms with Gasteiger partial charge in [0.15, 0.2) is 0 Å². The number of hydrogen-bond acceptors (Lipinski definition) is 3. The van der Waals surface area contributed by atoms with Gasteiger partial charge in [0.1, 0.15) is 0 Å². The summed E-state index contributed by atoms with van der Waals surface area (Å²) in [5, 5.41) is 4.46. The van der Waals surface area contributed by atoms with E-state index in [-0.39, 0.29) is 0 Å². The lowest BCUT2D eigenvalue weighted by Crippen LogP contribution is -2.09. The summed E-state index contributed by atoms with van der Waals surface area (Å²) in [6.45, 7) is 0. The first-order chi connectivity index (χ1) is 8.34. The van der Waals surface area contributed by atoms with Gasteiger partial charge in [0, 0.05) is 29.9 Å². The van der Waals surface area contributed by atoms with Gasteiger partial charge in [-0.1, -0.05) is 30.3 Å². The summed E-state index contributed by atoms with van der Waals surface area (Å²) in [6, 6.07) is 10.1. The highest BCUT2D eigenvalue weighted by Gasteiger charge is 2.12. The van der Waals surface area contributed by atoms with Crippen LogP contribution in [0.4, 0.5) is 11.5 Å². The largest absolute Gasteiger partial charge is 0.401 e. The summed E-state index contributed by atoms with van der Waals surface area (Å²) in [5.41, 5.74) is 2.06. The van der Waals surface area contributed by atoms with Crippen molar-refractivity contribution in [1.82, 2.24) is 9.97 Å². The fourth-order valence-corrected chi connectivity index (χ4v) is 1.77. The molecule has 0 atom stereocenters. The summed E-state index contributed by atoms with van der Waals surface area (Å²) in [6.07, 6.45) is 5.32. The molecule has 0 saturated heterocycles. The number of benzene rings is 1. The van der Waals surface area contributed by atoms with Crippen molar-refractivity contribution in [3.63, 3.8) is 0 Å². The predicted octanol–water partition coefficient (Wildman–Crippen LogP) is 2.93. The van der Waals surface area contributed by atoms with Crippen LogP contribution in [-0.2, 0) is 0 Å². The Hall–Kier alpha value is -2.36. The highest BCUT2D eigenvalue weighted by molar-refractivity contribution is 5.83. The Balaban J connectivity index is 1.97. The van der Waals surface area contributed by atoms with Gasteiger partial charge in [-0.3, -0.25) is 4.98 Å². The number of fused-ring (bicyclic) bond motifs is 1. The molecule has 0 N–H and O–H groups in total. The van der Waals surface area contributed by atoms with Crippen LogP contribution in [0.15, 0.2) is 48.7 Å². The molecule has 3 rings (SSSR count). The third kappa shape index (κ3) is 1.73. The maximum Gasteiger partial charge on any atom is 0.0462 e. The highest BCUT2D eigenvalue weighted by Crippen LogP contribution is 2.41. The van der Waals surface area contributed by atoms with Gasteiger partial charge >= 0.3 is 0 Å². The van der Waals surface area contributed by atoms with Gasteiger partial charge < -0.3 is 15.2 Å². The van der Waals surface area contributed by atoms with Crippen LogP contribution in [0.1, 0.15) is 5.56 Å². The Morgan fingerprint density at radius 2 is 2.06 bits per heavy atom. The first-order valence-electron chi connectivity index (χ1n) is 5.37. The van der Waals surface area contributed by atoms with Crippen molar-refractivity contribution in [2.24, 2.45) is 0 Å². The number of nitrogens with zero attached hydrogens (tertiary/aromatic N) is 4. The second-order valence-corrected chi connectivity index (χ2v) is 3.82. The van der Waals surface area contributed by atoms with Crippen LogP contribution in [0.5, 0.6) is 0 Å². The van der Waals surface area contributed by atoms with E-state index < -0.39 is 0 Å². The molecule has 0 saturated carbocycles. The molecule has 4 heteroatoms. The summed E-state index contributed by atoms with van der Waals surface area (Å²) >= 11 is 0. The zero-order valence-corrected chi connectivity index (χ0v) is 9.41. The molecule has 0 unspecified atom stereocenters. The van der Waals surface area contributed by atoms with Crippen LogP contribution in [0.2, 0.25) is 0 Å². The first-order valence-corrected chi connectivity index (χ1v) is 5.37. The lowest BCUT2D eigenvalue weighted by molar-refractivity contribution is 1.14. The Labute approximate surface area is 99.6 Å². The molecule has 2 heterocycles. The smallest absolute Gasteiger partial charge is 0.0462 e. The number of rotatable bonds is 1. The summed E-state index contributed by atoms with van der Waals surface area (Å²) in [7, 11) is 1.97. The summed E-state index contributed by atoms with van der Waals surface area (Å²) in [5.74, 6) is 1.61. The van der Waals surface area contributed by atoms with Crippen molar-refractivity contribution in [3.05, 3.63) is 59.6 Å². The summed E-state index contributed by atoms with van der Waals surface area (Å²) < 4.78 is 0. The van der Waals surface area contributed by atoms with Gasteiger partial charge in [-0.15, -0.1) is 0 Å². The van der Waals surface area contributed by atoms with Gasteiger partial charge in [-0.2, -0.15) is 0 Å². The van der Waals surface area contributed by atoms with Crippen molar-refractivity contribution in [2.75, 3.05) is 11.9 Å². The van der Waals surface area contributed by atoms with Crippen molar-refractivity contribution in [2.45, 2.75) is 0 Å². The van der Waals surface area contributed by atoms with Gasteiger partial charge in [-0.05, 0) is 18.7 Å². The van der Waals surface area contributed by atoms with E-state index in [1.54, 1.807) is 6.20 Å². The molecule has 1 aliphatic rings. The van der Waals surface area contributed by atoms with Gasteiger partial charge in [0.05, 0.1) is 0 Å². The van der Waals surface area contributed by atoms with E-state index >= 15 is 0 Å². The second-order valence-electron chi connectivity index (χ2n) is 3.82. The maximum atomic E-state index is 4.46. The van der Waals surface area contributed by atoms with Crippen LogP contribution in [0.3, 0.4) is 0 Å². The predicted molar refractivity (Wildman–Crippen MR) is 67.9 cm³/mol. The third-order valence-corrected chi connectivity index (χ3v) is 2.69. The first kappa shape index (κ1) is 9.84. The minimum Gasteiger partial charge on any atom is -0.401 e. The molecular weight excluding hydrogens is 212 g/mol. The Bertz CT molecular complexity index is 563. The molecule has 0 spiro atoms. The lowest BCUT2D eigenvalue weighted by Gasteiger charge is -2.19. The van der Waals surface area contributed by atoms with Crippen LogP contribution in [-0.4, -0.2) is 17.0 Å². The van der Waals surface area contributed by atoms with Crippen molar-refractivity contribution >= 4 is 17.6 Å². The molecule has 1 aromatic heterocycles. The van der Waals surface area contributed by atoms with Gasteiger partial charge in [-0.25, -0.2) is 0 Å².